The van der Waals surface area contributed by atoms with Gasteiger partial charge in [0.1, 0.15) is 0 Å². The summed E-state index contributed by atoms with van der Waals surface area (Å²) in [5.74, 6) is 0.243. The summed E-state index contributed by atoms with van der Waals surface area (Å²) in [6.45, 7) is 8.56. The van der Waals surface area contributed by atoms with E-state index >= 15 is 0 Å². The van der Waals surface area contributed by atoms with Crippen molar-refractivity contribution in [3.05, 3.63) is 0 Å². The van der Waals surface area contributed by atoms with E-state index in [0.29, 0.717) is 25.3 Å². The van der Waals surface area contributed by atoms with Gasteiger partial charge in [0.25, 0.3) is 0 Å². The smallest absolute Gasteiger partial charge is 0.239 e. The zero-order chi connectivity index (χ0) is 14.3. The Labute approximate surface area is 110 Å². The number of nitrogens with zero attached hydrogens (tertiary/aromatic N) is 1. The summed E-state index contributed by atoms with van der Waals surface area (Å²) in [4.78, 5) is 24.7. The third-order valence-electron chi connectivity index (χ3n) is 2.50. The first-order valence-corrected chi connectivity index (χ1v) is 6.41. The van der Waals surface area contributed by atoms with Crippen LogP contribution >= 0.6 is 0 Å². The highest BCUT2D eigenvalue weighted by atomic mass is 16.2. The lowest BCUT2D eigenvalue weighted by molar-refractivity contribution is -0.135. The van der Waals surface area contributed by atoms with E-state index < -0.39 is 0 Å². The number of hydrogen-bond donors (Lipinski definition) is 2. The average molecular weight is 257 g/mol. The van der Waals surface area contributed by atoms with Crippen LogP contribution in [0.1, 0.15) is 40.5 Å². The standard InChI is InChI=1S/C13H27N3O2/c1-10(2)8-15-11(17)9-16(5)12(18)6-7-13(3,4)14/h10H,6-9,14H2,1-5H3,(H,15,17). The van der Waals surface area contributed by atoms with Gasteiger partial charge in [0.05, 0.1) is 6.54 Å². The number of carbonyl (C=O) groups excluding carboxylic acids is 2. The summed E-state index contributed by atoms with van der Waals surface area (Å²) in [7, 11) is 1.64. The lowest BCUT2D eigenvalue weighted by Gasteiger charge is -2.21. The molecule has 0 unspecified atom stereocenters. The Morgan fingerprint density at radius 1 is 1.33 bits per heavy atom. The quantitative estimate of drug-likeness (QED) is 0.706. The van der Waals surface area contributed by atoms with Crippen molar-refractivity contribution < 1.29 is 9.59 Å². The van der Waals surface area contributed by atoms with Crippen LogP contribution in [0.4, 0.5) is 0 Å². The van der Waals surface area contributed by atoms with Crippen LogP contribution in [0.2, 0.25) is 0 Å². The third kappa shape index (κ3) is 8.98. The van der Waals surface area contributed by atoms with Crippen molar-refractivity contribution in [1.82, 2.24) is 10.2 Å². The van der Waals surface area contributed by atoms with E-state index in [2.05, 4.69) is 5.32 Å². The van der Waals surface area contributed by atoms with Crippen LogP contribution in [0.15, 0.2) is 0 Å². The molecule has 0 saturated heterocycles. The number of nitrogens with one attached hydrogen (secondary N) is 1. The number of rotatable bonds is 7. The van der Waals surface area contributed by atoms with E-state index in [-0.39, 0.29) is 23.9 Å². The molecule has 0 radical (unpaired) electrons. The van der Waals surface area contributed by atoms with Crippen LogP contribution in [0.3, 0.4) is 0 Å². The Morgan fingerprint density at radius 3 is 2.33 bits per heavy atom. The van der Waals surface area contributed by atoms with Crippen LogP contribution in [0.5, 0.6) is 0 Å². The highest BCUT2D eigenvalue weighted by molar-refractivity contribution is 5.84. The Morgan fingerprint density at radius 2 is 1.89 bits per heavy atom. The molecule has 5 nitrogen and oxygen atoms in total. The summed E-state index contributed by atoms with van der Waals surface area (Å²) in [6.07, 6.45) is 0.987. The molecule has 0 spiro atoms. The largest absolute Gasteiger partial charge is 0.354 e. The van der Waals surface area contributed by atoms with Crippen LogP contribution in [-0.4, -0.2) is 42.4 Å². The van der Waals surface area contributed by atoms with Gasteiger partial charge in [0.15, 0.2) is 0 Å². The average Bonchev–Trinajstić information content (AvgIpc) is 2.21. The SMILES string of the molecule is CC(C)CNC(=O)CN(C)C(=O)CCC(C)(C)N. The predicted molar refractivity (Wildman–Crippen MR) is 73.0 cm³/mol. The van der Waals surface area contributed by atoms with Crippen molar-refractivity contribution in [3.8, 4) is 0 Å². The number of nitrogens with two attached hydrogens (primary N) is 1. The highest BCUT2D eigenvalue weighted by Gasteiger charge is 2.17. The van der Waals surface area contributed by atoms with Gasteiger partial charge in [-0.2, -0.15) is 0 Å². The lowest BCUT2D eigenvalue weighted by Crippen LogP contribution is -2.40. The van der Waals surface area contributed by atoms with Gasteiger partial charge >= 0.3 is 0 Å². The maximum Gasteiger partial charge on any atom is 0.239 e. The van der Waals surface area contributed by atoms with Crippen LogP contribution < -0.4 is 11.1 Å². The minimum Gasteiger partial charge on any atom is -0.354 e. The molecule has 0 fully saturated rings. The summed E-state index contributed by atoms with van der Waals surface area (Å²) in [5.41, 5.74) is 5.47. The van der Waals surface area contributed by atoms with E-state index in [9.17, 15) is 9.59 Å². The molecule has 106 valence electrons. The molecule has 0 rings (SSSR count). The zero-order valence-electron chi connectivity index (χ0n) is 12.2. The monoisotopic (exact) mass is 257 g/mol. The number of amides is 2. The normalized spacial score (nSPS) is 11.5. The summed E-state index contributed by atoms with van der Waals surface area (Å²) in [5, 5.41) is 2.78. The van der Waals surface area contributed by atoms with E-state index in [0.717, 1.165) is 0 Å². The predicted octanol–water partition coefficient (Wildman–Crippen LogP) is 0.735. The topological polar surface area (TPSA) is 75.4 Å². The van der Waals surface area contributed by atoms with E-state index in [1.165, 1.54) is 4.90 Å². The van der Waals surface area contributed by atoms with Gasteiger partial charge in [-0.1, -0.05) is 13.8 Å². The molecular formula is C13H27N3O2. The Kier molecular flexibility index (Phi) is 6.91. The third-order valence-corrected chi connectivity index (χ3v) is 2.50. The first-order chi connectivity index (χ1) is 8.11. The molecule has 0 aliphatic heterocycles. The molecule has 0 aromatic heterocycles. The van der Waals surface area contributed by atoms with Gasteiger partial charge in [-0.05, 0) is 26.2 Å². The molecule has 0 bridgehead atoms. The fourth-order valence-electron chi connectivity index (χ4n) is 1.30. The fraction of sp³-hybridized carbons (Fsp3) is 0.846. The van der Waals surface area contributed by atoms with E-state index in [1.807, 2.05) is 27.7 Å². The summed E-state index contributed by atoms with van der Waals surface area (Å²) >= 11 is 0. The molecule has 5 heteroatoms. The second-order valence-electron chi connectivity index (χ2n) is 5.94. The van der Waals surface area contributed by atoms with Gasteiger partial charge < -0.3 is 16.0 Å². The Bertz CT molecular complexity index is 282. The minimum atomic E-state index is -0.351. The second-order valence-corrected chi connectivity index (χ2v) is 5.94. The van der Waals surface area contributed by atoms with Gasteiger partial charge in [-0.3, -0.25) is 9.59 Å². The fourth-order valence-corrected chi connectivity index (χ4v) is 1.30. The molecule has 18 heavy (non-hydrogen) atoms. The molecule has 0 heterocycles. The first-order valence-electron chi connectivity index (χ1n) is 6.41. The highest BCUT2D eigenvalue weighted by Crippen LogP contribution is 2.08. The molecule has 3 N–H and O–H groups in total. The zero-order valence-corrected chi connectivity index (χ0v) is 12.2. The summed E-state index contributed by atoms with van der Waals surface area (Å²) < 4.78 is 0. The van der Waals surface area contributed by atoms with Gasteiger partial charge in [-0.25, -0.2) is 0 Å². The molecule has 0 aromatic carbocycles. The van der Waals surface area contributed by atoms with E-state index in [4.69, 9.17) is 5.73 Å². The first kappa shape index (κ1) is 16.9. The molecule has 0 saturated carbocycles. The lowest BCUT2D eigenvalue weighted by atomic mass is 10.00. The molecule has 0 atom stereocenters. The maximum absolute atomic E-state index is 11.8. The van der Waals surface area contributed by atoms with Crippen molar-refractivity contribution in [2.45, 2.75) is 46.1 Å². The molecule has 0 aliphatic carbocycles. The number of carbonyl (C=O) groups is 2. The number of likely N-dealkylation sites (N-methyl/N-ethyl adjacent to an activating group) is 1. The summed E-state index contributed by atoms with van der Waals surface area (Å²) in [6, 6.07) is 0. The van der Waals surface area contributed by atoms with Crippen LogP contribution in [-0.2, 0) is 9.59 Å². The van der Waals surface area contributed by atoms with Gasteiger partial charge in [-0.15, -0.1) is 0 Å². The minimum absolute atomic E-state index is 0.0479. The Hall–Kier alpha value is -1.10. The van der Waals surface area contributed by atoms with Crippen molar-refractivity contribution >= 4 is 11.8 Å². The van der Waals surface area contributed by atoms with Crippen LogP contribution in [0.25, 0.3) is 0 Å². The number of hydrogen-bond acceptors (Lipinski definition) is 3. The van der Waals surface area contributed by atoms with Crippen LogP contribution in [0, 0.1) is 5.92 Å². The molecule has 0 aliphatic rings. The van der Waals surface area contributed by atoms with Crippen molar-refractivity contribution in [3.63, 3.8) is 0 Å². The van der Waals surface area contributed by atoms with Gasteiger partial charge in [0.2, 0.25) is 11.8 Å². The van der Waals surface area contributed by atoms with Gasteiger partial charge in [0, 0.05) is 25.6 Å². The van der Waals surface area contributed by atoms with Crippen molar-refractivity contribution in [1.29, 1.82) is 0 Å². The molecule has 0 aromatic rings. The Balaban J connectivity index is 3.97. The van der Waals surface area contributed by atoms with Crippen molar-refractivity contribution in [2.75, 3.05) is 20.1 Å². The van der Waals surface area contributed by atoms with E-state index in [1.54, 1.807) is 7.05 Å². The second kappa shape index (κ2) is 7.36. The molecule has 2 amide bonds. The van der Waals surface area contributed by atoms with Crippen molar-refractivity contribution in [2.24, 2.45) is 11.7 Å². The molecular weight excluding hydrogens is 230 g/mol. The maximum atomic E-state index is 11.8.